The minimum atomic E-state index is -4.68. The summed E-state index contributed by atoms with van der Waals surface area (Å²) in [6, 6.07) is 14.8. The summed E-state index contributed by atoms with van der Waals surface area (Å²) in [6.07, 6.45) is -0.104. The number of rotatable bonds is 7. The van der Waals surface area contributed by atoms with Gasteiger partial charge in [0.05, 0.1) is 51.1 Å². The molecule has 5 aromatic rings. The van der Waals surface area contributed by atoms with Gasteiger partial charge in [0.25, 0.3) is 10.1 Å². The molecular weight excluding hydrogens is 800 g/mol. The van der Waals surface area contributed by atoms with Crippen molar-refractivity contribution < 1.29 is 35.7 Å². The molecule has 2 amide bonds. The lowest BCUT2D eigenvalue weighted by molar-refractivity contribution is -0.138. The minimum absolute atomic E-state index is 0.0111. The van der Waals surface area contributed by atoms with E-state index in [1.807, 2.05) is 24.8 Å². The molecule has 1 saturated heterocycles. The molecule has 13 nitrogen and oxygen atoms in total. The lowest BCUT2D eigenvalue weighted by atomic mass is 9.82. The van der Waals surface area contributed by atoms with Crippen LogP contribution in [0.15, 0.2) is 76.6 Å². The van der Waals surface area contributed by atoms with Gasteiger partial charge in [-0.15, -0.1) is 0 Å². The molecule has 0 atom stereocenters. The largest absolute Gasteiger partial charge is 0.416 e. The van der Waals surface area contributed by atoms with Crippen LogP contribution in [0, 0.1) is 44.9 Å². The second-order valence-corrected chi connectivity index (χ2v) is 17.0. The van der Waals surface area contributed by atoms with Crippen molar-refractivity contribution in [2.45, 2.75) is 89.3 Å². The van der Waals surface area contributed by atoms with Gasteiger partial charge in [0.1, 0.15) is 5.69 Å². The zero-order valence-corrected chi connectivity index (χ0v) is 34.3. The third-order valence-corrected chi connectivity index (χ3v) is 13.2. The lowest BCUT2D eigenvalue weighted by Crippen LogP contribution is -2.46. The average Bonchev–Trinajstić information content (AvgIpc) is 3.80. The third-order valence-electron chi connectivity index (χ3n) is 12.2. The number of amides is 2. The first-order chi connectivity index (χ1) is 28.4. The number of hydrogen-bond acceptors (Lipinski definition) is 7. The molecule has 2 fully saturated rings. The fourth-order valence-corrected chi connectivity index (χ4v) is 9.53. The van der Waals surface area contributed by atoms with Crippen LogP contribution in [0.5, 0.6) is 0 Å². The maximum atomic E-state index is 14.3. The van der Waals surface area contributed by atoms with Crippen molar-refractivity contribution in [1.29, 1.82) is 5.26 Å². The van der Waals surface area contributed by atoms with Gasteiger partial charge < -0.3 is 10.2 Å². The van der Waals surface area contributed by atoms with Crippen LogP contribution in [0.2, 0.25) is 0 Å². The van der Waals surface area contributed by atoms with Crippen LogP contribution >= 0.6 is 0 Å². The van der Waals surface area contributed by atoms with Crippen molar-refractivity contribution in [1.82, 2.24) is 29.1 Å². The van der Waals surface area contributed by atoms with Crippen LogP contribution in [-0.2, 0) is 21.1 Å². The number of imidazole rings is 1. The van der Waals surface area contributed by atoms with Gasteiger partial charge in [-0.05, 0) is 149 Å². The van der Waals surface area contributed by atoms with E-state index in [0.717, 1.165) is 38.0 Å². The zero-order chi connectivity index (χ0) is 43.3. The van der Waals surface area contributed by atoms with E-state index in [-0.39, 0.29) is 39.7 Å². The molecule has 2 N–H and O–H groups in total. The summed E-state index contributed by atoms with van der Waals surface area (Å²) in [4.78, 5) is 44.0. The molecule has 0 spiro atoms. The fourth-order valence-electron chi connectivity index (χ4n) is 8.71. The molecule has 3 heterocycles. The SMILES string of the molecule is Cc1c(C2CCN(C(=O)C3CCC(NC(=O)n4c(-c5ccnn5-c5ccc(C#N)cc5)c(C)n(-c5cccc(C(F)(F)F)c5)c4=O)CC3)CC2)cc(S(=O)(=O)O)c(C)c1C. The third kappa shape index (κ3) is 8.01. The summed E-state index contributed by atoms with van der Waals surface area (Å²) in [6.45, 7) is 7.96. The van der Waals surface area contributed by atoms with Crippen molar-refractivity contribution in [3.05, 3.63) is 116 Å². The zero-order valence-electron chi connectivity index (χ0n) is 33.5. The summed E-state index contributed by atoms with van der Waals surface area (Å²) in [7, 11) is -4.40. The van der Waals surface area contributed by atoms with Crippen LogP contribution in [0.25, 0.3) is 22.8 Å². The first kappa shape index (κ1) is 42.1. The van der Waals surface area contributed by atoms with Gasteiger partial charge >= 0.3 is 17.9 Å². The number of nitrogens with one attached hydrogen (secondary N) is 1. The van der Waals surface area contributed by atoms with E-state index < -0.39 is 39.6 Å². The standard InChI is InChI=1S/C43H44F3N7O6S/c1-25-26(2)36(23-38(27(25)3)60(57,58)59)30-17-20-50(21-18-30)40(54)31-10-12-33(13-11-31)49-41(55)52-39(37-16-19-48-53(37)34-14-8-29(24-47)9-15-34)28(4)51(42(52)56)35-7-5-6-32(22-35)43(44,45)46/h5-9,14-16,19,22-23,30-31,33H,10-13,17-18,20-21H2,1-4H3,(H,49,55)(H,57,58,59). The molecule has 0 unspecified atom stereocenters. The molecule has 60 heavy (non-hydrogen) atoms. The number of nitrogens with zero attached hydrogens (tertiary/aromatic N) is 6. The number of hydrogen-bond donors (Lipinski definition) is 2. The van der Waals surface area contributed by atoms with E-state index in [4.69, 9.17) is 0 Å². The second-order valence-electron chi connectivity index (χ2n) is 15.6. The van der Waals surface area contributed by atoms with Crippen LogP contribution < -0.4 is 11.0 Å². The number of aromatic nitrogens is 4. The molecule has 2 aliphatic rings. The Bertz CT molecular complexity index is 2700. The minimum Gasteiger partial charge on any atom is -0.342 e. The monoisotopic (exact) mass is 843 g/mol. The van der Waals surface area contributed by atoms with Crippen molar-refractivity contribution >= 4 is 22.1 Å². The number of halogens is 3. The molecule has 1 saturated carbocycles. The summed E-state index contributed by atoms with van der Waals surface area (Å²) < 4.78 is 78.9. The van der Waals surface area contributed by atoms with Gasteiger partial charge in [0.2, 0.25) is 5.91 Å². The molecule has 3 aromatic carbocycles. The van der Waals surface area contributed by atoms with Crippen molar-refractivity contribution in [3.63, 3.8) is 0 Å². The normalized spacial score (nSPS) is 17.7. The molecule has 0 bridgehead atoms. The van der Waals surface area contributed by atoms with E-state index in [1.54, 1.807) is 43.3 Å². The first-order valence-corrected chi connectivity index (χ1v) is 21.1. The Hall–Kier alpha value is -5.99. The number of alkyl halides is 3. The quantitative estimate of drug-likeness (QED) is 0.160. The Balaban J connectivity index is 1.09. The van der Waals surface area contributed by atoms with Gasteiger partial charge in [0.15, 0.2) is 0 Å². The molecule has 2 aromatic heterocycles. The Morgan fingerprint density at radius 1 is 0.883 bits per heavy atom. The van der Waals surface area contributed by atoms with Crippen molar-refractivity contribution in [2.75, 3.05) is 13.1 Å². The maximum Gasteiger partial charge on any atom is 0.416 e. The van der Waals surface area contributed by atoms with E-state index in [9.17, 15) is 45.8 Å². The molecule has 1 aliphatic heterocycles. The van der Waals surface area contributed by atoms with Gasteiger partial charge in [-0.1, -0.05) is 6.07 Å². The number of likely N-dealkylation sites (tertiary alicyclic amines) is 1. The van der Waals surface area contributed by atoms with E-state index >= 15 is 0 Å². The number of nitriles is 1. The first-order valence-electron chi connectivity index (χ1n) is 19.6. The fraction of sp³-hybridized carbons (Fsp3) is 0.372. The van der Waals surface area contributed by atoms with Crippen LogP contribution in [0.1, 0.15) is 83.5 Å². The Morgan fingerprint density at radius 2 is 1.55 bits per heavy atom. The predicted octanol–water partition coefficient (Wildman–Crippen LogP) is 7.39. The Labute approximate surface area is 344 Å². The molecule has 7 rings (SSSR count). The van der Waals surface area contributed by atoms with Crippen LogP contribution in [0.4, 0.5) is 18.0 Å². The highest BCUT2D eigenvalue weighted by Gasteiger charge is 2.35. The second kappa shape index (κ2) is 16.2. The summed E-state index contributed by atoms with van der Waals surface area (Å²) in [5.41, 5.74) is 2.73. The molecule has 0 radical (unpaired) electrons. The molecule has 17 heteroatoms. The highest BCUT2D eigenvalue weighted by Crippen LogP contribution is 2.37. The highest BCUT2D eigenvalue weighted by molar-refractivity contribution is 7.85. The number of piperidine rings is 1. The highest BCUT2D eigenvalue weighted by atomic mass is 32.2. The summed E-state index contributed by atoms with van der Waals surface area (Å²) in [5.74, 6) is -0.256. The predicted molar refractivity (Wildman–Crippen MR) is 216 cm³/mol. The topological polar surface area (TPSA) is 172 Å². The Morgan fingerprint density at radius 3 is 2.17 bits per heavy atom. The average molecular weight is 844 g/mol. The van der Waals surface area contributed by atoms with Crippen LogP contribution in [0.3, 0.4) is 0 Å². The van der Waals surface area contributed by atoms with Gasteiger partial charge in [-0.2, -0.15) is 31.9 Å². The number of carbonyl (C=O) groups excluding carboxylic acids is 2. The van der Waals surface area contributed by atoms with Crippen LogP contribution in [-0.4, -0.2) is 67.9 Å². The van der Waals surface area contributed by atoms with Crippen molar-refractivity contribution in [3.8, 4) is 28.8 Å². The number of carbonyl (C=O) groups is 2. The van der Waals surface area contributed by atoms with E-state index in [0.29, 0.717) is 74.1 Å². The van der Waals surface area contributed by atoms with Gasteiger partial charge in [-0.25, -0.2) is 18.8 Å². The Kier molecular flexibility index (Phi) is 11.4. The van der Waals surface area contributed by atoms with Gasteiger partial charge in [-0.3, -0.25) is 13.9 Å². The summed E-state index contributed by atoms with van der Waals surface area (Å²) in [5, 5.41) is 16.6. The smallest absolute Gasteiger partial charge is 0.342 e. The molecule has 314 valence electrons. The summed E-state index contributed by atoms with van der Waals surface area (Å²) >= 11 is 0. The van der Waals surface area contributed by atoms with Crippen molar-refractivity contribution in [2.24, 2.45) is 5.92 Å². The van der Waals surface area contributed by atoms with Gasteiger partial charge in [0, 0.05) is 25.0 Å². The molecular formula is C43H44F3N7O6S. The van der Waals surface area contributed by atoms with E-state index in [1.165, 1.54) is 29.9 Å². The lowest BCUT2D eigenvalue weighted by Gasteiger charge is -2.37. The maximum absolute atomic E-state index is 14.3. The van der Waals surface area contributed by atoms with E-state index in [2.05, 4.69) is 10.4 Å². The number of benzene rings is 3. The molecule has 1 aliphatic carbocycles.